The number of hydrogen-bond acceptors (Lipinski definition) is 4. The fourth-order valence-corrected chi connectivity index (χ4v) is 2.94. The van der Waals surface area contributed by atoms with Gasteiger partial charge in [0.25, 0.3) is 0 Å². The third kappa shape index (κ3) is 11.1. The summed E-state index contributed by atoms with van der Waals surface area (Å²) in [5.74, 6) is 0.599. The van der Waals surface area contributed by atoms with Crippen LogP contribution in [0.3, 0.4) is 0 Å². The number of aryl methyl sites for hydroxylation is 2. The van der Waals surface area contributed by atoms with Crippen molar-refractivity contribution in [3.05, 3.63) is 11.9 Å². The van der Waals surface area contributed by atoms with Gasteiger partial charge in [-0.15, -0.1) is 5.10 Å². The first kappa shape index (κ1) is 21.8. The second kappa shape index (κ2) is 14.0. The van der Waals surface area contributed by atoms with E-state index in [9.17, 15) is 4.79 Å². The molecule has 0 amide bonds. The molecule has 0 aliphatic carbocycles. The number of rotatable bonds is 16. The van der Waals surface area contributed by atoms with Crippen molar-refractivity contribution < 1.29 is 4.79 Å². The highest BCUT2D eigenvalue weighted by Crippen LogP contribution is 2.11. The van der Waals surface area contributed by atoms with E-state index in [2.05, 4.69) is 16.5 Å². The van der Waals surface area contributed by atoms with E-state index in [1.165, 1.54) is 44.9 Å². The molecule has 0 atom stereocenters. The third-order valence-electron chi connectivity index (χ3n) is 4.68. The van der Waals surface area contributed by atoms with Crippen LogP contribution in [0.15, 0.2) is 6.20 Å². The Balaban J connectivity index is 1.97. The van der Waals surface area contributed by atoms with Crippen LogP contribution in [0.2, 0.25) is 0 Å². The van der Waals surface area contributed by atoms with E-state index < -0.39 is 0 Å². The molecule has 0 saturated heterocycles. The molecule has 1 rings (SSSR count). The molecule has 144 valence electrons. The lowest BCUT2D eigenvalue weighted by molar-refractivity contribution is -0.122. The summed E-state index contributed by atoms with van der Waals surface area (Å²) in [5.41, 5.74) is 6.61. The van der Waals surface area contributed by atoms with Crippen LogP contribution >= 0.6 is 0 Å². The molecule has 0 unspecified atom stereocenters. The second-order valence-corrected chi connectivity index (χ2v) is 7.42. The SMILES string of the molecule is CC(C)C(=O)CCCCCCCCc1cn(CCCCCCN)nn1. The van der Waals surface area contributed by atoms with Crippen molar-refractivity contribution in [2.75, 3.05) is 6.54 Å². The topological polar surface area (TPSA) is 73.8 Å². The minimum atomic E-state index is 0.194. The number of ketones is 1. The molecule has 25 heavy (non-hydrogen) atoms. The Hall–Kier alpha value is -1.23. The Morgan fingerprint density at radius 1 is 1.00 bits per heavy atom. The Labute approximate surface area is 153 Å². The van der Waals surface area contributed by atoms with Crippen LogP contribution in [0.4, 0.5) is 0 Å². The molecule has 0 radical (unpaired) electrons. The first-order valence-corrected chi connectivity index (χ1v) is 10.2. The fourth-order valence-electron chi connectivity index (χ4n) is 2.94. The van der Waals surface area contributed by atoms with E-state index in [0.717, 1.165) is 50.9 Å². The maximum atomic E-state index is 11.5. The van der Waals surface area contributed by atoms with Crippen LogP contribution < -0.4 is 5.73 Å². The van der Waals surface area contributed by atoms with Gasteiger partial charge in [0.15, 0.2) is 0 Å². The number of aromatic nitrogens is 3. The molecular weight excluding hydrogens is 312 g/mol. The quantitative estimate of drug-likeness (QED) is 0.451. The number of carbonyl (C=O) groups is 1. The van der Waals surface area contributed by atoms with Crippen LogP contribution in [-0.2, 0) is 17.8 Å². The summed E-state index contributed by atoms with van der Waals surface area (Å²) in [6.45, 7) is 5.73. The predicted octanol–water partition coefficient (Wildman–Crippen LogP) is 4.30. The fraction of sp³-hybridized carbons (Fsp3) is 0.850. The molecule has 1 aromatic heterocycles. The van der Waals surface area contributed by atoms with Gasteiger partial charge in [0, 0.05) is 25.1 Å². The molecular formula is C20H38N4O. The Morgan fingerprint density at radius 3 is 2.36 bits per heavy atom. The summed E-state index contributed by atoms with van der Waals surface area (Å²) in [4.78, 5) is 11.5. The molecule has 1 aromatic rings. The minimum absolute atomic E-state index is 0.194. The Kier molecular flexibility index (Phi) is 12.2. The smallest absolute Gasteiger partial charge is 0.135 e. The monoisotopic (exact) mass is 350 g/mol. The molecule has 0 aliphatic heterocycles. The number of Topliss-reactive ketones (excluding diaryl/α,β-unsaturated/α-hetero) is 1. The third-order valence-corrected chi connectivity index (χ3v) is 4.68. The highest BCUT2D eigenvalue weighted by atomic mass is 16.1. The first-order chi connectivity index (χ1) is 12.1. The summed E-state index contributed by atoms with van der Waals surface area (Å²) in [5, 5.41) is 8.48. The van der Waals surface area contributed by atoms with Crippen molar-refractivity contribution >= 4 is 5.78 Å². The average Bonchev–Trinajstić information content (AvgIpc) is 3.04. The van der Waals surface area contributed by atoms with Crippen molar-refractivity contribution in [2.45, 2.75) is 97.4 Å². The van der Waals surface area contributed by atoms with Crippen LogP contribution in [0.25, 0.3) is 0 Å². The van der Waals surface area contributed by atoms with E-state index in [4.69, 9.17) is 5.73 Å². The van der Waals surface area contributed by atoms with Crippen LogP contribution in [0, 0.1) is 5.92 Å². The molecule has 0 bridgehead atoms. The summed E-state index contributed by atoms with van der Waals surface area (Å²) < 4.78 is 1.98. The number of unbranched alkanes of at least 4 members (excludes halogenated alkanes) is 8. The molecule has 0 aromatic carbocycles. The minimum Gasteiger partial charge on any atom is -0.330 e. The lowest BCUT2D eigenvalue weighted by atomic mass is 10.0. The zero-order chi connectivity index (χ0) is 18.3. The summed E-state index contributed by atoms with van der Waals surface area (Å²) in [6.07, 6.45) is 15.7. The Bertz CT molecular complexity index is 456. The first-order valence-electron chi connectivity index (χ1n) is 10.2. The van der Waals surface area contributed by atoms with Gasteiger partial charge in [0.1, 0.15) is 5.78 Å². The number of nitrogens with zero attached hydrogens (tertiary/aromatic N) is 3. The van der Waals surface area contributed by atoms with E-state index in [1.807, 2.05) is 18.5 Å². The number of carbonyl (C=O) groups excluding carboxylic acids is 1. The van der Waals surface area contributed by atoms with Gasteiger partial charge in [0.2, 0.25) is 0 Å². The molecule has 5 nitrogen and oxygen atoms in total. The molecule has 0 fully saturated rings. The summed E-state index contributed by atoms with van der Waals surface area (Å²) in [6, 6.07) is 0. The van der Waals surface area contributed by atoms with Gasteiger partial charge in [-0.1, -0.05) is 57.6 Å². The van der Waals surface area contributed by atoms with E-state index >= 15 is 0 Å². The highest BCUT2D eigenvalue weighted by Gasteiger charge is 2.06. The van der Waals surface area contributed by atoms with Gasteiger partial charge < -0.3 is 5.73 Å². The maximum absolute atomic E-state index is 11.5. The van der Waals surface area contributed by atoms with Crippen molar-refractivity contribution in [3.8, 4) is 0 Å². The molecule has 2 N–H and O–H groups in total. The van der Waals surface area contributed by atoms with Gasteiger partial charge in [-0.25, -0.2) is 0 Å². The summed E-state index contributed by atoms with van der Waals surface area (Å²) >= 11 is 0. The van der Waals surface area contributed by atoms with Gasteiger partial charge in [-0.3, -0.25) is 9.48 Å². The number of nitrogens with two attached hydrogens (primary N) is 1. The van der Waals surface area contributed by atoms with Crippen LogP contribution in [-0.4, -0.2) is 27.3 Å². The van der Waals surface area contributed by atoms with Gasteiger partial charge in [0.05, 0.1) is 5.69 Å². The normalized spacial score (nSPS) is 11.4. The van der Waals surface area contributed by atoms with Crippen LogP contribution in [0.5, 0.6) is 0 Å². The largest absolute Gasteiger partial charge is 0.330 e. The molecule has 1 heterocycles. The average molecular weight is 351 g/mol. The van der Waals surface area contributed by atoms with Crippen molar-refractivity contribution in [1.29, 1.82) is 0 Å². The molecule has 5 heteroatoms. The lowest BCUT2D eigenvalue weighted by Gasteiger charge is -2.04. The van der Waals surface area contributed by atoms with Crippen molar-refractivity contribution in [3.63, 3.8) is 0 Å². The van der Waals surface area contributed by atoms with Crippen molar-refractivity contribution in [2.24, 2.45) is 11.7 Å². The number of hydrogen-bond donors (Lipinski definition) is 1. The highest BCUT2D eigenvalue weighted by molar-refractivity contribution is 5.80. The van der Waals surface area contributed by atoms with E-state index in [1.54, 1.807) is 0 Å². The molecule has 0 saturated carbocycles. The molecule has 0 spiro atoms. The van der Waals surface area contributed by atoms with E-state index in [0.29, 0.717) is 5.78 Å². The molecule has 0 aliphatic rings. The van der Waals surface area contributed by atoms with E-state index in [-0.39, 0.29) is 5.92 Å². The standard InChI is InChI=1S/C20H38N4O/c1-18(2)20(25)14-10-6-4-3-5-9-13-19-17-24(23-22-19)16-12-8-7-11-15-21/h17-18H,3-16,21H2,1-2H3. The van der Waals surface area contributed by atoms with Gasteiger partial charge >= 0.3 is 0 Å². The zero-order valence-corrected chi connectivity index (χ0v) is 16.4. The maximum Gasteiger partial charge on any atom is 0.135 e. The summed E-state index contributed by atoms with van der Waals surface area (Å²) in [7, 11) is 0. The van der Waals surface area contributed by atoms with Gasteiger partial charge in [-0.2, -0.15) is 0 Å². The van der Waals surface area contributed by atoms with Gasteiger partial charge in [-0.05, 0) is 38.6 Å². The second-order valence-electron chi connectivity index (χ2n) is 7.42. The van der Waals surface area contributed by atoms with Crippen LogP contribution in [0.1, 0.15) is 90.2 Å². The lowest BCUT2D eigenvalue weighted by Crippen LogP contribution is -2.05. The zero-order valence-electron chi connectivity index (χ0n) is 16.4. The predicted molar refractivity (Wildman–Crippen MR) is 103 cm³/mol. The Morgan fingerprint density at radius 2 is 1.64 bits per heavy atom. The van der Waals surface area contributed by atoms with Crippen molar-refractivity contribution in [1.82, 2.24) is 15.0 Å².